The summed E-state index contributed by atoms with van der Waals surface area (Å²) in [6.07, 6.45) is 5.81. The van der Waals surface area contributed by atoms with Gasteiger partial charge in [-0.3, -0.25) is 0 Å². The number of halogens is 2. The SMILES string of the molecule is CCP(CC)[Si](C)C.CCP(CC)[Si](C)C.Cc1[cH-]c(C)c(C)c1C.Cc1[cH-]c(C)c(C)c1C.[Cl-].[Cl-].[Cr+2].[Cr+2]. The summed E-state index contributed by atoms with van der Waals surface area (Å²) in [5.74, 6) is 0. The van der Waals surface area contributed by atoms with Crippen molar-refractivity contribution in [3.8, 4) is 0 Å². The summed E-state index contributed by atoms with van der Waals surface area (Å²) in [5, 5.41) is 0. The summed E-state index contributed by atoms with van der Waals surface area (Å²) in [7, 11) is 1.15. The van der Waals surface area contributed by atoms with E-state index in [9.17, 15) is 0 Å². The van der Waals surface area contributed by atoms with Crippen LogP contribution in [-0.2, 0) is 34.7 Å². The van der Waals surface area contributed by atoms with E-state index >= 15 is 0 Å². The Morgan fingerprint density at radius 2 is 0.605 bits per heavy atom. The summed E-state index contributed by atoms with van der Waals surface area (Å²) in [6.45, 7) is 36.4. The third kappa shape index (κ3) is 20.5. The zero-order chi connectivity index (χ0) is 27.2. The molecule has 0 heterocycles. The van der Waals surface area contributed by atoms with Gasteiger partial charge in [-0.15, -0.1) is 14.9 Å². The van der Waals surface area contributed by atoms with Gasteiger partial charge in [0.05, 0.1) is 16.9 Å². The number of hydrogen-bond acceptors (Lipinski definition) is 0. The van der Waals surface area contributed by atoms with Gasteiger partial charge >= 0.3 is 34.7 Å². The Hall–Kier alpha value is 1.64. The van der Waals surface area contributed by atoms with Crippen LogP contribution in [0.25, 0.3) is 0 Å². The topological polar surface area (TPSA) is 0 Å². The van der Waals surface area contributed by atoms with Crippen molar-refractivity contribution in [2.75, 3.05) is 24.6 Å². The van der Waals surface area contributed by atoms with Gasteiger partial charge in [-0.2, -0.15) is 56.6 Å². The van der Waals surface area contributed by atoms with Crippen LogP contribution in [0.1, 0.15) is 72.2 Å². The maximum Gasteiger partial charge on any atom is 2.00 e. The van der Waals surface area contributed by atoms with Gasteiger partial charge in [0.15, 0.2) is 0 Å². The standard InChI is InChI=1S/2C9H13.2C6H16PSi.2ClH.2Cr/c2*1-6-5-7(2)9(4)8(6)3;2*1-5-7(6-2)8(3)4;;;;/h2*5H,1-4H3;2*5-6H2,1-4H3;2*1H;;/q2*-1;;;;;2*+2/p-2. The van der Waals surface area contributed by atoms with Crippen LogP contribution in [0.5, 0.6) is 0 Å². The van der Waals surface area contributed by atoms with Crippen LogP contribution in [-0.4, -0.2) is 41.6 Å². The Kier molecular flexibility index (Phi) is 39.6. The minimum Gasteiger partial charge on any atom is -1.00 e. The number of rotatable bonds is 6. The first kappa shape index (κ1) is 52.3. The zero-order valence-electron chi connectivity index (χ0n) is 27.4. The van der Waals surface area contributed by atoms with Crippen molar-refractivity contribution in [2.24, 2.45) is 0 Å². The summed E-state index contributed by atoms with van der Waals surface area (Å²) in [5.41, 5.74) is 11.5. The molecule has 222 valence electrons. The predicted molar refractivity (Wildman–Crippen MR) is 173 cm³/mol. The van der Waals surface area contributed by atoms with Crippen molar-refractivity contribution in [2.45, 2.75) is 109 Å². The molecule has 0 unspecified atom stereocenters. The van der Waals surface area contributed by atoms with E-state index in [0.29, 0.717) is 14.9 Å². The van der Waals surface area contributed by atoms with Gasteiger partial charge < -0.3 is 24.8 Å². The van der Waals surface area contributed by atoms with E-state index in [4.69, 9.17) is 0 Å². The van der Waals surface area contributed by atoms with Gasteiger partial charge in [-0.05, 0) is 24.6 Å². The third-order valence-corrected chi connectivity index (χ3v) is 24.1. The molecular formula is C30H58Cl2Cr2P2Si2. The molecule has 0 bridgehead atoms. The molecule has 0 aliphatic heterocycles. The molecule has 0 nitrogen and oxygen atoms in total. The molecule has 8 heteroatoms. The van der Waals surface area contributed by atoms with Crippen molar-refractivity contribution in [1.29, 1.82) is 0 Å². The normalized spacial score (nSPS) is 9.58. The van der Waals surface area contributed by atoms with E-state index in [2.05, 4.69) is 121 Å². The van der Waals surface area contributed by atoms with Crippen LogP contribution in [0.15, 0.2) is 12.1 Å². The molecule has 0 saturated heterocycles. The maximum absolute atomic E-state index is 2.43. The summed E-state index contributed by atoms with van der Waals surface area (Å²) in [6, 6.07) is 4.48. The molecule has 0 fully saturated rings. The fourth-order valence-corrected chi connectivity index (χ4v) is 15.0. The smallest absolute Gasteiger partial charge is 1.00 e. The molecule has 0 atom stereocenters. The van der Waals surface area contributed by atoms with Crippen molar-refractivity contribution >= 4 is 31.9 Å². The summed E-state index contributed by atoms with van der Waals surface area (Å²) in [4.78, 5) is 0. The summed E-state index contributed by atoms with van der Waals surface area (Å²) < 4.78 is 0. The minimum absolute atomic E-state index is 0. The fourth-order valence-electron chi connectivity index (χ4n) is 3.98. The molecular weight excluding hydrogens is 653 g/mol. The van der Waals surface area contributed by atoms with Crippen molar-refractivity contribution in [3.05, 3.63) is 56.6 Å². The predicted octanol–water partition coefficient (Wildman–Crippen LogP) is 4.80. The van der Waals surface area contributed by atoms with Gasteiger partial charge in [0, 0.05) is 0 Å². The Balaban J connectivity index is -0.0000000870. The zero-order valence-corrected chi connectivity index (χ0v) is 35.3. The van der Waals surface area contributed by atoms with E-state index in [1.165, 1.54) is 69.2 Å². The van der Waals surface area contributed by atoms with E-state index < -0.39 is 0 Å². The van der Waals surface area contributed by atoms with Crippen molar-refractivity contribution < 1.29 is 59.5 Å². The van der Waals surface area contributed by atoms with Gasteiger partial charge in [0.2, 0.25) is 0 Å². The van der Waals surface area contributed by atoms with Crippen molar-refractivity contribution in [3.63, 3.8) is 0 Å². The van der Waals surface area contributed by atoms with Gasteiger partial charge in [-0.25, -0.2) is 0 Å². The van der Waals surface area contributed by atoms with Crippen LogP contribution in [0.2, 0.25) is 26.2 Å². The van der Waals surface area contributed by atoms with Crippen LogP contribution in [0.4, 0.5) is 0 Å². The van der Waals surface area contributed by atoms with E-state index in [1.54, 1.807) is 0 Å². The second-order valence-corrected chi connectivity index (χ2v) is 27.4. The fraction of sp³-hybridized carbons (Fsp3) is 0.667. The molecule has 2 rings (SSSR count). The molecule has 0 aliphatic carbocycles. The molecule has 2 radical (unpaired) electrons. The molecule has 2 aromatic carbocycles. The quantitative estimate of drug-likeness (QED) is 0.230. The Morgan fingerprint density at radius 1 is 0.447 bits per heavy atom. The largest absolute Gasteiger partial charge is 2.00 e. The molecule has 0 amide bonds. The van der Waals surface area contributed by atoms with Crippen LogP contribution >= 0.6 is 14.9 Å². The molecule has 2 aromatic rings. The van der Waals surface area contributed by atoms with Gasteiger partial charge in [0.25, 0.3) is 0 Å². The second-order valence-electron chi connectivity index (χ2n) is 9.76. The first-order chi connectivity index (χ1) is 15.7. The van der Waals surface area contributed by atoms with E-state index in [1.807, 2.05) is 0 Å². The van der Waals surface area contributed by atoms with Crippen LogP contribution in [0, 0.1) is 55.4 Å². The molecule has 38 heavy (non-hydrogen) atoms. The first-order valence-electron chi connectivity index (χ1n) is 13.2. The van der Waals surface area contributed by atoms with Crippen LogP contribution in [0.3, 0.4) is 0 Å². The van der Waals surface area contributed by atoms with Gasteiger partial charge in [-0.1, -0.05) is 109 Å². The molecule has 0 aromatic heterocycles. The minimum atomic E-state index is 0. The van der Waals surface area contributed by atoms with E-state index in [0.717, 1.165) is 0 Å². The average molecular weight is 712 g/mol. The van der Waals surface area contributed by atoms with E-state index in [-0.39, 0.29) is 76.5 Å². The number of hydrogen-bond donors (Lipinski definition) is 0. The molecule has 0 N–H and O–H groups in total. The summed E-state index contributed by atoms with van der Waals surface area (Å²) >= 11 is 0. The Bertz CT molecular complexity index is 688. The molecule has 0 aliphatic rings. The molecule has 0 spiro atoms. The third-order valence-electron chi connectivity index (χ3n) is 7.15. The number of aryl methyl sites for hydroxylation is 4. The maximum atomic E-state index is 2.43. The first-order valence-corrected chi connectivity index (χ1v) is 23.3. The second kappa shape index (κ2) is 28.7. The Labute approximate surface area is 279 Å². The molecule has 0 saturated carbocycles. The van der Waals surface area contributed by atoms with Gasteiger partial charge in [0.1, 0.15) is 0 Å². The van der Waals surface area contributed by atoms with Crippen LogP contribution < -0.4 is 24.8 Å². The monoisotopic (exact) mass is 710 g/mol. The van der Waals surface area contributed by atoms with Crippen molar-refractivity contribution in [1.82, 2.24) is 0 Å². The Morgan fingerprint density at radius 3 is 0.632 bits per heavy atom. The average Bonchev–Trinajstić information content (AvgIpc) is 3.13.